The Morgan fingerprint density at radius 2 is 1.70 bits per heavy atom. The molecule has 0 saturated heterocycles. The lowest BCUT2D eigenvalue weighted by atomic mass is 10.1. The van der Waals surface area contributed by atoms with Crippen LogP contribution in [0.25, 0.3) is 11.3 Å². The zero-order valence-corrected chi connectivity index (χ0v) is 16.9. The van der Waals surface area contributed by atoms with Crippen LogP contribution in [0.5, 0.6) is 0 Å². The van der Waals surface area contributed by atoms with Gasteiger partial charge in [0.15, 0.2) is 0 Å². The van der Waals surface area contributed by atoms with Gasteiger partial charge in [-0.25, -0.2) is 4.98 Å². The number of halogens is 5. The number of aromatic amines is 1. The molecule has 0 amide bonds. The van der Waals surface area contributed by atoms with E-state index in [-0.39, 0.29) is 0 Å². The molecule has 0 radical (unpaired) electrons. The molecule has 2 aromatic carbocycles. The smallest absolute Gasteiger partial charge is 0.110 e. The molecule has 3 aromatic rings. The van der Waals surface area contributed by atoms with Crippen LogP contribution >= 0.6 is 66.7 Å². The molecule has 0 atom stereocenters. The Bertz CT molecular complexity index is 855. The summed E-state index contributed by atoms with van der Waals surface area (Å²) in [7, 11) is 0. The molecule has 3 rings (SSSR count). The molecule has 23 heavy (non-hydrogen) atoms. The van der Waals surface area contributed by atoms with Crippen molar-refractivity contribution in [3.8, 4) is 11.3 Å². The van der Waals surface area contributed by atoms with Crippen molar-refractivity contribution in [1.82, 2.24) is 9.97 Å². The predicted molar refractivity (Wildman–Crippen MR) is 104 cm³/mol. The Kier molecular flexibility index (Phi) is 5.39. The topological polar surface area (TPSA) is 28.7 Å². The molecule has 0 aliphatic carbocycles. The van der Waals surface area contributed by atoms with Crippen LogP contribution in [0.4, 0.5) is 0 Å². The van der Waals surface area contributed by atoms with E-state index in [9.17, 15) is 0 Å². The van der Waals surface area contributed by atoms with Crippen molar-refractivity contribution in [3.63, 3.8) is 0 Å². The van der Waals surface area contributed by atoms with E-state index < -0.39 is 0 Å². The molecular formula is C16H9Br2Cl3N2. The number of nitrogens with one attached hydrogen (secondary N) is 1. The fourth-order valence-electron chi connectivity index (χ4n) is 2.16. The predicted octanol–water partition coefficient (Wildman–Crippen LogP) is 7.15. The summed E-state index contributed by atoms with van der Waals surface area (Å²) in [6.07, 6.45) is 2.45. The van der Waals surface area contributed by atoms with Crippen LogP contribution in [0, 0.1) is 0 Å². The summed E-state index contributed by atoms with van der Waals surface area (Å²) in [5.74, 6) is 0.852. The minimum absolute atomic E-state index is 0.357. The van der Waals surface area contributed by atoms with E-state index in [0.717, 1.165) is 31.6 Å². The molecule has 0 spiro atoms. The van der Waals surface area contributed by atoms with Crippen molar-refractivity contribution < 1.29 is 0 Å². The van der Waals surface area contributed by atoms with E-state index in [1.54, 1.807) is 18.3 Å². The highest BCUT2D eigenvalue weighted by molar-refractivity contribution is 9.11. The number of hydrogen-bond acceptors (Lipinski definition) is 1. The van der Waals surface area contributed by atoms with Crippen molar-refractivity contribution in [2.45, 2.75) is 6.42 Å². The minimum Gasteiger partial charge on any atom is -0.342 e. The number of hydrogen-bond donors (Lipinski definition) is 1. The summed E-state index contributed by atoms with van der Waals surface area (Å²) in [6, 6.07) is 9.60. The number of H-pyrrole nitrogens is 1. The lowest BCUT2D eigenvalue weighted by Gasteiger charge is -2.04. The maximum absolute atomic E-state index is 6.08. The molecule has 0 bridgehead atoms. The summed E-state index contributed by atoms with van der Waals surface area (Å²) >= 11 is 25.1. The zero-order valence-electron chi connectivity index (χ0n) is 11.5. The third-order valence-corrected chi connectivity index (χ3v) is 5.72. The average molecular weight is 495 g/mol. The molecule has 0 unspecified atom stereocenters. The Hall–Kier alpha value is -0.520. The second-order valence-electron chi connectivity index (χ2n) is 4.91. The van der Waals surface area contributed by atoms with E-state index >= 15 is 0 Å². The van der Waals surface area contributed by atoms with Crippen molar-refractivity contribution in [1.29, 1.82) is 0 Å². The maximum Gasteiger partial charge on any atom is 0.110 e. The van der Waals surface area contributed by atoms with Gasteiger partial charge in [-0.05, 0) is 29.8 Å². The van der Waals surface area contributed by atoms with Gasteiger partial charge in [-0.1, -0.05) is 72.7 Å². The van der Waals surface area contributed by atoms with Gasteiger partial charge in [-0.2, -0.15) is 0 Å². The molecule has 1 aromatic heterocycles. The highest BCUT2D eigenvalue weighted by Gasteiger charge is 2.11. The van der Waals surface area contributed by atoms with Crippen molar-refractivity contribution >= 4 is 66.7 Å². The Morgan fingerprint density at radius 1 is 1.00 bits per heavy atom. The SMILES string of the molecule is Clc1cc(-c2cnc(Cc3ccc(Br)cc3Br)[nH]2)cc(Cl)c1Cl. The minimum atomic E-state index is 0.357. The third-order valence-electron chi connectivity index (χ3n) is 3.30. The third kappa shape index (κ3) is 3.94. The number of nitrogens with zero attached hydrogens (tertiary/aromatic N) is 1. The summed E-state index contributed by atoms with van der Waals surface area (Å²) in [5.41, 5.74) is 2.83. The first-order valence-electron chi connectivity index (χ1n) is 6.57. The molecular weight excluding hydrogens is 486 g/mol. The highest BCUT2D eigenvalue weighted by atomic mass is 79.9. The molecule has 0 saturated carbocycles. The van der Waals surface area contributed by atoms with Gasteiger partial charge in [0.05, 0.1) is 27.0 Å². The largest absolute Gasteiger partial charge is 0.342 e. The fraction of sp³-hybridized carbons (Fsp3) is 0.0625. The van der Waals surface area contributed by atoms with Crippen LogP contribution in [0.15, 0.2) is 45.5 Å². The van der Waals surface area contributed by atoms with Crippen molar-refractivity contribution in [2.75, 3.05) is 0 Å². The highest BCUT2D eigenvalue weighted by Crippen LogP contribution is 2.34. The Balaban J connectivity index is 1.89. The zero-order chi connectivity index (χ0) is 16.6. The average Bonchev–Trinajstić information content (AvgIpc) is 2.96. The van der Waals surface area contributed by atoms with Crippen LogP contribution in [0.2, 0.25) is 15.1 Å². The van der Waals surface area contributed by atoms with Gasteiger partial charge < -0.3 is 4.98 Å². The summed E-state index contributed by atoms with van der Waals surface area (Å²) < 4.78 is 2.06. The Labute approximate surface area is 165 Å². The standard InChI is InChI=1S/C16H9Br2Cl3N2/c17-10-2-1-8(11(18)6-10)5-15-22-7-14(23-15)9-3-12(19)16(21)13(20)4-9/h1-4,6-7H,5H2,(H,22,23). The van der Waals surface area contributed by atoms with Gasteiger partial charge in [-0.3, -0.25) is 0 Å². The summed E-state index contributed by atoms with van der Waals surface area (Å²) in [4.78, 5) is 7.72. The summed E-state index contributed by atoms with van der Waals surface area (Å²) in [5, 5.41) is 1.19. The van der Waals surface area contributed by atoms with E-state index in [0.29, 0.717) is 21.5 Å². The number of benzene rings is 2. The van der Waals surface area contributed by atoms with Crippen LogP contribution in [0.1, 0.15) is 11.4 Å². The quantitative estimate of drug-likeness (QED) is 0.384. The monoisotopic (exact) mass is 492 g/mol. The lowest BCUT2D eigenvalue weighted by Crippen LogP contribution is -1.92. The molecule has 118 valence electrons. The summed E-state index contributed by atoms with van der Waals surface area (Å²) in [6.45, 7) is 0. The molecule has 1 heterocycles. The maximum atomic E-state index is 6.08. The van der Waals surface area contributed by atoms with E-state index in [2.05, 4.69) is 41.8 Å². The molecule has 2 nitrogen and oxygen atoms in total. The normalized spacial score (nSPS) is 11.0. The first kappa shape index (κ1) is 17.3. The number of aromatic nitrogens is 2. The Morgan fingerprint density at radius 3 is 2.35 bits per heavy atom. The molecule has 1 N–H and O–H groups in total. The van der Waals surface area contributed by atoms with Gasteiger partial charge in [-0.15, -0.1) is 0 Å². The van der Waals surface area contributed by atoms with Gasteiger partial charge in [0.2, 0.25) is 0 Å². The number of rotatable bonds is 3. The van der Waals surface area contributed by atoms with Gasteiger partial charge in [0.1, 0.15) is 5.82 Å². The molecule has 0 aliphatic rings. The molecule has 0 fully saturated rings. The lowest BCUT2D eigenvalue weighted by molar-refractivity contribution is 1.02. The van der Waals surface area contributed by atoms with Crippen molar-refractivity contribution in [2.24, 2.45) is 0 Å². The second-order valence-corrected chi connectivity index (χ2v) is 7.87. The second kappa shape index (κ2) is 7.16. The van der Waals surface area contributed by atoms with Crippen LogP contribution < -0.4 is 0 Å². The van der Waals surface area contributed by atoms with Crippen LogP contribution in [-0.2, 0) is 6.42 Å². The van der Waals surface area contributed by atoms with E-state index in [4.69, 9.17) is 34.8 Å². The van der Waals surface area contributed by atoms with Crippen LogP contribution in [0.3, 0.4) is 0 Å². The van der Waals surface area contributed by atoms with E-state index in [1.165, 1.54) is 0 Å². The van der Waals surface area contributed by atoms with Crippen molar-refractivity contribution in [3.05, 3.63) is 71.9 Å². The van der Waals surface area contributed by atoms with Gasteiger partial charge in [0.25, 0.3) is 0 Å². The van der Waals surface area contributed by atoms with Gasteiger partial charge >= 0.3 is 0 Å². The number of imidazole rings is 1. The molecule has 7 heteroatoms. The first-order chi connectivity index (χ1) is 10.9. The van der Waals surface area contributed by atoms with Gasteiger partial charge in [0, 0.05) is 20.9 Å². The van der Waals surface area contributed by atoms with Crippen LogP contribution in [-0.4, -0.2) is 9.97 Å². The van der Waals surface area contributed by atoms with E-state index in [1.807, 2.05) is 18.2 Å². The first-order valence-corrected chi connectivity index (χ1v) is 9.29. The fourth-order valence-corrected chi connectivity index (χ4v) is 3.94. The molecule has 0 aliphatic heterocycles.